The lowest BCUT2D eigenvalue weighted by atomic mass is 10.1. The van der Waals surface area contributed by atoms with Crippen LogP contribution < -0.4 is 9.46 Å². The third-order valence-electron chi connectivity index (χ3n) is 3.63. The maximum Gasteiger partial charge on any atom is 0.263 e. The van der Waals surface area contributed by atoms with E-state index in [1.165, 1.54) is 18.3 Å². The smallest absolute Gasteiger partial charge is 0.263 e. The SMILES string of the molecule is C[C@H](Oc1cccnc1NS(=O)(=O)c1ccccc1)c1ccccc1. The zero-order valence-corrected chi connectivity index (χ0v) is 14.5. The average molecular weight is 354 g/mol. The monoisotopic (exact) mass is 354 g/mol. The molecule has 0 bridgehead atoms. The summed E-state index contributed by atoms with van der Waals surface area (Å²) in [6.07, 6.45) is 1.27. The highest BCUT2D eigenvalue weighted by molar-refractivity contribution is 7.92. The van der Waals surface area contributed by atoms with E-state index in [0.29, 0.717) is 5.75 Å². The van der Waals surface area contributed by atoms with Crippen LogP contribution in [0.2, 0.25) is 0 Å². The van der Waals surface area contributed by atoms with Gasteiger partial charge in [0.2, 0.25) is 0 Å². The quantitative estimate of drug-likeness (QED) is 0.726. The van der Waals surface area contributed by atoms with Crippen LogP contribution in [0.3, 0.4) is 0 Å². The highest BCUT2D eigenvalue weighted by Crippen LogP contribution is 2.28. The summed E-state index contributed by atoms with van der Waals surface area (Å²) < 4.78 is 33.4. The number of aromatic nitrogens is 1. The first-order chi connectivity index (χ1) is 12.1. The van der Waals surface area contributed by atoms with Gasteiger partial charge in [-0.1, -0.05) is 48.5 Å². The van der Waals surface area contributed by atoms with Crippen molar-refractivity contribution in [1.82, 2.24) is 4.98 Å². The number of pyridine rings is 1. The van der Waals surface area contributed by atoms with Gasteiger partial charge < -0.3 is 4.74 Å². The average Bonchev–Trinajstić information content (AvgIpc) is 2.64. The first-order valence-corrected chi connectivity index (χ1v) is 9.29. The molecule has 0 radical (unpaired) electrons. The van der Waals surface area contributed by atoms with E-state index in [1.807, 2.05) is 37.3 Å². The minimum Gasteiger partial charge on any atom is -0.482 e. The van der Waals surface area contributed by atoms with Crippen LogP contribution in [0.1, 0.15) is 18.6 Å². The summed E-state index contributed by atoms with van der Waals surface area (Å²) in [5, 5.41) is 0. The molecule has 1 atom stereocenters. The summed E-state index contributed by atoms with van der Waals surface area (Å²) in [6, 6.07) is 21.2. The molecular formula is C19H18N2O3S. The number of ether oxygens (including phenoxy) is 1. The van der Waals surface area contributed by atoms with Crippen molar-refractivity contribution in [3.8, 4) is 5.75 Å². The standard InChI is InChI=1S/C19H18N2O3S/c1-15(16-9-4-2-5-10-16)24-18-13-8-14-20-19(18)21-25(22,23)17-11-6-3-7-12-17/h2-15H,1H3,(H,20,21)/t15-/m0/s1. The number of anilines is 1. The summed E-state index contributed by atoms with van der Waals surface area (Å²) in [4.78, 5) is 4.29. The molecule has 0 aliphatic heterocycles. The van der Waals surface area contributed by atoms with Crippen molar-refractivity contribution >= 4 is 15.8 Å². The van der Waals surface area contributed by atoms with E-state index in [2.05, 4.69) is 9.71 Å². The third-order valence-corrected chi connectivity index (χ3v) is 4.98. The molecule has 2 aromatic carbocycles. The van der Waals surface area contributed by atoms with Crippen LogP contribution in [0.4, 0.5) is 5.82 Å². The summed E-state index contributed by atoms with van der Waals surface area (Å²) in [7, 11) is -3.73. The molecule has 0 amide bonds. The van der Waals surface area contributed by atoms with E-state index in [9.17, 15) is 8.42 Å². The zero-order valence-electron chi connectivity index (χ0n) is 13.7. The summed E-state index contributed by atoms with van der Waals surface area (Å²) in [5.41, 5.74) is 0.989. The largest absolute Gasteiger partial charge is 0.482 e. The van der Waals surface area contributed by atoms with E-state index in [-0.39, 0.29) is 16.8 Å². The third kappa shape index (κ3) is 4.16. The summed E-state index contributed by atoms with van der Waals surface area (Å²) in [6.45, 7) is 1.90. The van der Waals surface area contributed by atoms with E-state index < -0.39 is 10.0 Å². The van der Waals surface area contributed by atoms with Gasteiger partial charge in [0.05, 0.1) is 4.90 Å². The fraction of sp³-hybridized carbons (Fsp3) is 0.105. The van der Waals surface area contributed by atoms with Gasteiger partial charge in [-0.15, -0.1) is 0 Å². The predicted molar refractivity (Wildman–Crippen MR) is 97.0 cm³/mol. The Morgan fingerprint density at radius 2 is 1.56 bits per heavy atom. The van der Waals surface area contributed by atoms with Crippen molar-refractivity contribution in [3.63, 3.8) is 0 Å². The van der Waals surface area contributed by atoms with Crippen LogP contribution in [0, 0.1) is 0 Å². The van der Waals surface area contributed by atoms with E-state index in [1.54, 1.807) is 30.3 Å². The van der Waals surface area contributed by atoms with Gasteiger partial charge in [0.25, 0.3) is 10.0 Å². The molecule has 0 aliphatic rings. The maximum absolute atomic E-state index is 12.5. The second-order valence-electron chi connectivity index (χ2n) is 5.44. The normalized spacial score (nSPS) is 12.4. The first kappa shape index (κ1) is 17.0. The van der Waals surface area contributed by atoms with E-state index >= 15 is 0 Å². The van der Waals surface area contributed by atoms with Crippen molar-refractivity contribution in [2.45, 2.75) is 17.9 Å². The minimum absolute atomic E-state index is 0.161. The topological polar surface area (TPSA) is 68.3 Å². The second-order valence-corrected chi connectivity index (χ2v) is 7.12. The Morgan fingerprint density at radius 1 is 0.920 bits per heavy atom. The fourth-order valence-corrected chi connectivity index (χ4v) is 3.37. The molecule has 1 heterocycles. The molecule has 0 aliphatic carbocycles. The molecule has 25 heavy (non-hydrogen) atoms. The fourth-order valence-electron chi connectivity index (χ4n) is 2.33. The number of rotatable bonds is 6. The van der Waals surface area contributed by atoms with Gasteiger partial charge in [0.1, 0.15) is 6.10 Å². The molecule has 5 nitrogen and oxygen atoms in total. The molecule has 3 rings (SSSR count). The van der Waals surface area contributed by atoms with Gasteiger partial charge in [0, 0.05) is 6.20 Å². The number of hydrogen-bond donors (Lipinski definition) is 1. The van der Waals surface area contributed by atoms with Crippen molar-refractivity contribution in [2.24, 2.45) is 0 Å². The van der Waals surface area contributed by atoms with Gasteiger partial charge in [-0.2, -0.15) is 0 Å². The second kappa shape index (κ2) is 7.36. The molecule has 3 aromatic rings. The molecule has 0 unspecified atom stereocenters. The molecule has 1 aromatic heterocycles. The predicted octanol–water partition coefficient (Wildman–Crippen LogP) is 4.02. The van der Waals surface area contributed by atoms with Crippen LogP contribution in [-0.4, -0.2) is 13.4 Å². The number of nitrogens with one attached hydrogen (secondary N) is 1. The molecule has 6 heteroatoms. The molecule has 0 fully saturated rings. The lowest BCUT2D eigenvalue weighted by Gasteiger charge is -2.17. The Labute approximate surface area is 147 Å². The highest BCUT2D eigenvalue weighted by atomic mass is 32.2. The van der Waals surface area contributed by atoms with Gasteiger partial charge in [0.15, 0.2) is 11.6 Å². The van der Waals surface area contributed by atoms with Gasteiger partial charge in [-0.05, 0) is 36.8 Å². The van der Waals surface area contributed by atoms with Crippen molar-refractivity contribution in [1.29, 1.82) is 0 Å². The molecule has 1 N–H and O–H groups in total. The van der Waals surface area contributed by atoms with Gasteiger partial charge in [-0.3, -0.25) is 4.72 Å². The molecule has 0 saturated heterocycles. The Kier molecular flexibility index (Phi) is 5.00. The minimum atomic E-state index is -3.73. The van der Waals surface area contributed by atoms with Crippen molar-refractivity contribution in [3.05, 3.63) is 84.6 Å². The molecule has 0 saturated carbocycles. The van der Waals surface area contributed by atoms with Crippen LogP contribution in [0.5, 0.6) is 5.75 Å². The Hall–Kier alpha value is -2.86. The Bertz CT molecular complexity index is 929. The lowest BCUT2D eigenvalue weighted by molar-refractivity contribution is 0.227. The van der Waals surface area contributed by atoms with E-state index in [4.69, 9.17) is 4.74 Å². The van der Waals surface area contributed by atoms with Crippen LogP contribution in [0.25, 0.3) is 0 Å². The van der Waals surface area contributed by atoms with Crippen molar-refractivity contribution in [2.75, 3.05) is 4.72 Å². The number of nitrogens with zero attached hydrogens (tertiary/aromatic N) is 1. The van der Waals surface area contributed by atoms with Crippen LogP contribution >= 0.6 is 0 Å². The molecule has 128 valence electrons. The lowest BCUT2D eigenvalue weighted by Crippen LogP contribution is -2.15. The van der Waals surface area contributed by atoms with Crippen molar-refractivity contribution < 1.29 is 13.2 Å². The summed E-state index contributed by atoms with van der Waals surface area (Å²) >= 11 is 0. The Morgan fingerprint density at radius 3 is 2.24 bits per heavy atom. The van der Waals surface area contributed by atoms with Crippen LogP contribution in [-0.2, 0) is 10.0 Å². The molecule has 0 spiro atoms. The maximum atomic E-state index is 12.5. The van der Waals surface area contributed by atoms with Gasteiger partial charge in [-0.25, -0.2) is 13.4 Å². The number of benzene rings is 2. The zero-order chi connectivity index (χ0) is 17.7. The highest BCUT2D eigenvalue weighted by Gasteiger charge is 2.18. The number of sulfonamides is 1. The molecular weight excluding hydrogens is 336 g/mol. The van der Waals surface area contributed by atoms with Gasteiger partial charge >= 0.3 is 0 Å². The van der Waals surface area contributed by atoms with E-state index in [0.717, 1.165) is 5.56 Å². The summed E-state index contributed by atoms with van der Waals surface area (Å²) in [5.74, 6) is 0.535. The first-order valence-electron chi connectivity index (χ1n) is 7.81. The number of hydrogen-bond acceptors (Lipinski definition) is 4. The Balaban J connectivity index is 1.84. The van der Waals surface area contributed by atoms with Crippen LogP contribution in [0.15, 0.2) is 83.9 Å².